The van der Waals surface area contributed by atoms with Crippen LogP contribution in [0.3, 0.4) is 0 Å². The maximum atomic E-state index is 12.6. The number of carbonyl (C=O) groups excluding carboxylic acids is 2. The number of aryl methyl sites for hydroxylation is 1. The molecule has 2 rings (SSSR count). The first kappa shape index (κ1) is 26.8. The zero-order chi connectivity index (χ0) is 23.7. The zero-order valence-electron chi connectivity index (χ0n) is 20.6. The molecule has 0 aliphatic carbocycles. The van der Waals surface area contributed by atoms with Gasteiger partial charge in [-0.3, -0.25) is 9.59 Å². The van der Waals surface area contributed by atoms with Gasteiger partial charge in [-0.2, -0.15) is 0 Å². The summed E-state index contributed by atoms with van der Waals surface area (Å²) in [4.78, 5) is 24.9. The summed E-state index contributed by atoms with van der Waals surface area (Å²) in [6.07, 6.45) is 17.2. The van der Waals surface area contributed by atoms with Crippen molar-refractivity contribution < 1.29 is 9.59 Å². The first-order valence-electron chi connectivity index (χ1n) is 13.0. The summed E-state index contributed by atoms with van der Waals surface area (Å²) in [5.74, 6) is 0.270. The minimum atomic E-state index is 0.0443. The van der Waals surface area contributed by atoms with Crippen LogP contribution in [-0.2, 0) is 11.2 Å². The van der Waals surface area contributed by atoms with E-state index in [1.165, 1.54) is 69.4 Å². The highest BCUT2D eigenvalue weighted by Crippen LogP contribution is 2.20. The highest BCUT2D eigenvalue weighted by molar-refractivity contribution is 6.08. The Morgan fingerprint density at radius 3 is 1.85 bits per heavy atom. The van der Waals surface area contributed by atoms with Crippen molar-refractivity contribution in [2.45, 2.75) is 90.4 Å². The molecule has 0 heterocycles. The van der Waals surface area contributed by atoms with E-state index in [9.17, 15) is 9.59 Å². The van der Waals surface area contributed by atoms with Gasteiger partial charge in [-0.15, -0.1) is 0 Å². The second-order valence-electron chi connectivity index (χ2n) is 9.20. The van der Waals surface area contributed by atoms with E-state index in [0.29, 0.717) is 11.1 Å². The molecule has 0 aromatic heterocycles. The van der Waals surface area contributed by atoms with Crippen molar-refractivity contribution >= 4 is 11.6 Å². The molecule has 0 fully saturated rings. The van der Waals surface area contributed by atoms with Crippen LogP contribution >= 0.6 is 0 Å². The average molecular weight is 447 g/mol. The summed E-state index contributed by atoms with van der Waals surface area (Å²) in [6, 6.07) is 17.2. The predicted octanol–water partition coefficient (Wildman–Crippen LogP) is 8.53. The van der Waals surface area contributed by atoms with Gasteiger partial charge in [-0.05, 0) is 30.9 Å². The molecule has 2 aromatic carbocycles. The quantitative estimate of drug-likeness (QED) is 0.131. The number of hydrogen-bond acceptors (Lipinski definition) is 2. The average Bonchev–Trinajstić information content (AvgIpc) is 2.87. The van der Waals surface area contributed by atoms with E-state index in [-0.39, 0.29) is 17.5 Å². The van der Waals surface area contributed by atoms with Gasteiger partial charge in [0.05, 0.1) is 0 Å². The Kier molecular flexibility index (Phi) is 13.1. The molecule has 0 amide bonds. The smallest absolute Gasteiger partial charge is 0.193 e. The largest absolute Gasteiger partial charge is 0.295 e. The SMILES string of the molecule is C=CC(=O)C(CCCCCCCCCCCC)CCc1ccc(C(=O)c2ccccc2)cc1. The molecule has 0 saturated carbocycles. The molecule has 0 radical (unpaired) electrons. The predicted molar refractivity (Wildman–Crippen MR) is 140 cm³/mol. The molecular formula is C31H42O2. The van der Waals surface area contributed by atoms with Crippen LogP contribution in [0.15, 0.2) is 67.3 Å². The molecule has 178 valence electrons. The fourth-order valence-electron chi connectivity index (χ4n) is 4.39. The number of hydrogen-bond donors (Lipinski definition) is 0. The van der Waals surface area contributed by atoms with Gasteiger partial charge in [0.25, 0.3) is 0 Å². The van der Waals surface area contributed by atoms with E-state index in [1.54, 1.807) is 0 Å². The third-order valence-corrected chi connectivity index (χ3v) is 6.54. The number of carbonyl (C=O) groups is 2. The molecule has 1 unspecified atom stereocenters. The Labute approximate surface area is 201 Å². The molecule has 2 aromatic rings. The van der Waals surface area contributed by atoms with Crippen molar-refractivity contribution in [2.75, 3.05) is 0 Å². The molecule has 2 heteroatoms. The Balaban J connectivity index is 1.71. The summed E-state index contributed by atoms with van der Waals surface area (Å²) in [5, 5.41) is 0. The second kappa shape index (κ2) is 16.2. The normalized spacial score (nSPS) is 11.8. The van der Waals surface area contributed by atoms with Crippen LogP contribution in [0.5, 0.6) is 0 Å². The molecule has 33 heavy (non-hydrogen) atoms. The van der Waals surface area contributed by atoms with Crippen LogP contribution < -0.4 is 0 Å². The van der Waals surface area contributed by atoms with Gasteiger partial charge in [-0.25, -0.2) is 0 Å². The summed E-state index contributed by atoms with van der Waals surface area (Å²) in [5.41, 5.74) is 2.58. The van der Waals surface area contributed by atoms with Gasteiger partial charge < -0.3 is 0 Å². The van der Waals surface area contributed by atoms with E-state index in [0.717, 1.165) is 25.7 Å². The lowest BCUT2D eigenvalue weighted by molar-refractivity contribution is -0.118. The number of benzene rings is 2. The number of unbranched alkanes of at least 4 members (excludes halogenated alkanes) is 9. The van der Waals surface area contributed by atoms with Crippen LogP contribution in [0.1, 0.15) is 105 Å². The fourth-order valence-corrected chi connectivity index (χ4v) is 4.39. The van der Waals surface area contributed by atoms with Crippen molar-refractivity contribution in [3.05, 3.63) is 83.9 Å². The highest BCUT2D eigenvalue weighted by Gasteiger charge is 2.15. The topological polar surface area (TPSA) is 34.1 Å². The van der Waals surface area contributed by atoms with E-state index < -0.39 is 0 Å². The molecule has 0 spiro atoms. The van der Waals surface area contributed by atoms with Crippen LogP contribution in [0.4, 0.5) is 0 Å². The van der Waals surface area contributed by atoms with Gasteiger partial charge in [0, 0.05) is 17.0 Å². The lowest BCUT2D eigenvalue weighted by Crippen LogP contribution is -2.13. The van der Waals surface area contributed by atoms with Gasteiger partial charge >= 0.3 is 0 Å². The fraction of sp³-hybridized carbons (Fsp3) is 0.484. The van der Waals surface area contributed by atoms with Crippen molar-refractivity contribution in [1.29, 1.82) is 0 Å². The second-order valence-corrected chi connectivity index (χ2v) is 9.20. The van der Waals surface area contributed by atoms with Crippen molar-refractivity contribution in [3.8, 4) is 0 Å². The minimum Gasteiger partial charge on any atom is -0.295 e. The molecule has 0 aliphatic rings. The first-order valence-corrected chi connectivity index (χ1v) is 13.0. The third kappa shape index (κ3) is 10.3. The molecule has 2 nitrogen and oxygen atoms in total. The maximum Gasteiger partial charge on any atom is 0.193 e. The monoisotopic (exact) mass is 446 g/mol. The van der Waals surface area contributed by atoms with Crippen LogP contribution in [0.2, 0.25) is 0 Å². The minimum absolute atomic E-state index is 0.0443. The van der Waals surface area contributed by atoms with Crippen molar-refractivity contribution in [1.82, 2.24) is 0 Å². The summed E-state index contributed by atoms with van der Waals surface area (Å²) >= 11 is 0. The summed E-state index contributed by atoms with van der Waals surface area (Å²) < 4.78 is 0. The summed E-state index contributed by atoms with van der Waals surface area (Å²) in [6.45, 7) is 5.97. The van der Waals surface area contributed by atoms with Gasteiger partial charge in [-0.1, -0.05) is 132 Å². The highest BCUT2D eigenvalue weighted by atomic mass is 16.1. The number of allylic oxidation sites excluding steroid dienone is 1. The Morgan fingerprint density at radius 1 is 0.727 bits per heavy atom. The van der Waals surface area contributed by atoms with Crippen LogP contribution in [-0.4, -0.2) is 11.6 Å². The van der Waals surface area contributed by atoms with Crippen LogP contribution in [0.25, 0.3) is 0 Å². The third-order valence-electron chi connectivity index (χ3n) is 6.54. The first-order chi connectivity index (χ1) is 16.2. The van der Waals surface area contributed by atoms with Crippen LogP contribution in [0, 0.1) is 5.92 Å². The lowest BCUT2D eigenvalue weighted by atomic mass is 9.90. The number of ketones is 2. The Morgan fingerprint density at radius 2 is 1.27 bits per heavy atom. The van der Waals surface area contributed by atoms with E-state index in [4.69, 9.17) is 0 Å². The Hall–Kier alpha value is -2.48. The molecule has 0 aliphatic heterocycles. The van der Waals surface area contributed by atoms with E-state index >= 15 is 0 Å². The standard InChI is InChI=1S/C31H42O2/c1-3-5-6-7-8-9-10-11-12-14-17-27(30(32)4-2)23-20-26-21-24-29(25-22-26)31(33)28-18-15-13-16-19-28/h4,13,15-16,18-19,21-22,24-25,27H,2-3,5-12,14,17,20,23H2,1H3. The Bertz CT molecular complexity index is 820. The van der Waals surface area contributed by atoms with E-state index in [1.807, 2.05) is 54.6 Å². The van der Waals surface area contributed by atoms with Gasteiger partial charge in [0.2, 0.25) is 0 Å². The number of rotatable bonds is 18. The molecular weight excluding hydrogens is 404 g/mol. The van der Waals surface area contributed by atoms with Crippen molar-refractivity contribution in [2.24, 2.45) is 5.92 Å². The maximum absolute atomic E-state index is 12.6. The summed E-state index contributed by atoms with van der Waals surface area (Å²) in [7, 11) is 0. The zero-order valence-corrected chi connectivity index (χ0v) is 20.6. The van der Waals surface area contributed by atoms with Crippen molar-refractivity contribution in [3.63, 3.8) is 0 Å². The molecule has 0 N–H and O–H groups in total. The van der Waals surface area contributed by atoms with E-state index in [2.05, 4.69) is 13.5 Å². The molecule has 1 atom stereocenters. The molecule has 0 saturated heterocycles. The van der Waals surface area contributed by atoms with Gasteiger partial charge in [0.15, 0.2) is 11.6 Å². The molecule has 0 bridgehead atoms. The lowest BCUT2D eigenvalue weighted by Gasteiger charge is -2.14. The van der Waals surface area contributed by atoms with Gasteiger partial charge in [0.1, 0.15) is 0 Å².